The van der Waals surface area contributed by atoms with Crippen LogP contribution in [0.15, 0.2) is 65.3 Å². The maximum atomic E-state index is 13.0. The Hall–Kier alpha value is -3.74. The van der Waals surface area contributed by atoms with Crippen molar-refractivity contribution in [1.29, 1.82) is 0 Å². The molecule has 7 nitrogen and oxygen atoms in total. The third kappa shape index (κ3) is 4.61. The lowest BCUT2D eigenvalue weighted by molar-refractivity contribution is -0.121. The molecule has 1 aromatic heterocycles. The molecule has 0 aliphatic carbocycles. The van der Waals surface area contributed by atoms with Gasteiger partial charge in [-0.2, -0.15) is 0 Å². The molecule has 2 amide bonds. The van der Waals surface area contributed by atoms with Crippen LogP contribution in [0.2, 0.25) is 0 Å². The maximum absolute atomic E-state index is 13.0. The van der Waals surface area contributed by atoms with Crippen molar-refractivity contribution in [3.05, 3.63) is 66.6 Å². The molecule has 1 aliphatic rings. The minimum atomic E-state index is -0.283. The van der Waals surface area contributed by atoms with E-state index in [4.69, 9.17) is 13.9 Å². The largest absolute Gasteiger partial charge is 0.497 e. The summed E-state index contributed by atoms with van der Waals surface area (Å²) in [5, 5.41) is 3.01. The van der Waals surface area contributed by atoms with E-state index in [2.05, 4.69) is 5.32 Å². The van der Waals surface area contributed by atoms with Crippen LogP contribution in [0.3, 0.4) is 0 Å². The molecule has 7 heteroatoms. The topological polar surface area (TPSA) is 81.0 Å². The van der Waals surface area contributed by atoms with Crippen LogP contribution >= 0.6 is 0 Å². The first-order chi connectivity index (χ1) is 15.6. The van der Waals surface area contributed by atoms with Crippen molar-refractivity contribution >= 4 is 17.5 Å². The average Bonchev–Trinajstić information content (AvgIpc) is 3.39. The first kappa shape index (κ1) is 21.5. The Bertz CT molecular complexity index is 1080. The lowest BCUT2D eigenvalue weighted by atomic mass is 9.96. The predicted molar refractivity (Wildman–Crippen MR) is 121 cm³/mol. The highest BCUT2D eigenvalue weighted by Crippen LogP contribution is 2.34. The third-order valence-electron chi connectivity index (χ3n) is 5.68. The predicted octanol–water partition coefficient (Wildman–Crippen LogP) is 4.45. The number of hydrogen-bond donors (Lipinski definition) is 1. The Morgan fingerprint density at radius 2 is 1.88 bits per heavy atom. The second-order valence-corrected chi connectivity index (χ2v) is 7.70. The molecule has 0 unspecified atom stereocenters. The van der Waals surface area contributed by atoms with Crippen LogP contribution in [-0.4, -0.2) is 44.0 Å². The number of furan rings is 1. The molecule has 0 saturated carbocycles. The van der Waals surface area contributed by atoms with Gasteiger partial charge in [0.05, 0.1) is 26.4 Å². The molecule has 0 bridgehead atoms. The van der Waals surface area contributed by atoms with Gasteiger partial charge < -0.3 is 24.1 Å². The Morgan fingerprint density at radius 1 is 1.06 bits per heavy atom. The van der Waals surface area contributed by atoms with Gasteiger partial charge in [-0.05, 0) is 60.9 Å². The van der Waals surface area contributed by atoms with Crippen molar-refractivity contribution in [1.82, 2.24) is 4.90 Å². The third-order valence-corrected chi connectivity index (χ3v) is 5.68. The summed E-state index contributed by atoms with van der Waals surface area (Å²) in [5.74, 6) is 1.20. The molecule has 32 heavy (non-hydrogen) atoms. The van der Waals surface area contributed by atoms with E-state index >= 15 is 0 Å². The van der Waals surface area contributed by atoms with Gasteiger partial charge in [0.15, 0.2) is 5.76 Å². The van der Waals surface area contributed by atoms with Crippen LogP contribution in [0.5, 0.6) is 11.5 Å². The number of nitrogens with one attached hydrogen (secondary N) is 1. The van der Waals surface area contributed by atoms with E-state index in [1.807, 2.05) is 42.5 Å². The molecular weight excluding hydrogens is 408 g/mol. The van der Waals surface area contributed by atoms with E-state index in [-0.39, 0.29) is 17.7 Å². The summed E-state index contributed by atoms with van der Waals surface area (Å²) in [6.07, 6.45) is 2.98. The molecule has 166 valence electrons. The highest BCUT2D eigenvalue weighted by Gasteiger charge is 2.30. The van der Waals surface area contributed by atoms with Gasteiger partial charge in [-0.25, -0.2) is 0 Å². The summed E-state index contributed by atoms with van der Waals surface area (Å²) in [4.78, 5) is 27.3. The molecule has 0 spiro atoms. The number of anilines is 1. The lowest BCUT2D eigenvalue weighted by Gasteiger charge is -2.31. The number of benzene rings is 2. The summed E-state index contributed by atoms with van der Waals surface area (Å²) in [6.45, 7) is 0.986. The zero-order valence-corrected chi connectivity index (χ0v) is 18.2. The summed E-state index contributed by atoms with van der Waals surface area (Å²) in [6, 6.07) is 16.5. The summed E-state index contributed by atoms with van der Waals surface area (Å²) < 4.78 is 16.0. The molecule has 1 aliphatic heterocycles. The molecule has 0 radical (unpaired) electrons. The Balaban J connectivity index is 1.48. The van der Waals surface area contributed by atoms with Crippen LogP contribution in [-0.2, 0) is 4.79 Å². The first-order valence-electron chi connectivity index (χ1n) is 10.5. The van der Waals surface area contributed by atoms with Crippen molar-refractivity contribution in [2.24, 2.45) is 5.92 Å². The van der Waals surface area contributed by atoms with E-state index < -0.39 is 0 Å². The summed E-state index contributed by atoms with van der Waals surface area (Å²) in [7, 11) is 3.24. The number of carbonyl (C=O) groups is 2. The van der Waals surface area contributed by atoms with Gasteiger partial charge >= 0.3 is 0 Å². The Labute approximate surface area is 186 Å². The van der Waals surface area contributed by atoms with Crippen molar-refractivity contribution in [2.45, 2.75) is 12.8 Å². The number of likely N-dealkylation sites (tertiary alicyclic amines) is 1. The number of piperidine rings is 1. The van der Waals surface area contributed by atoms with E-state index in [1.165, 1.54) is 6.26 Å². The number of nitrogens with zero attached hydrogens (tertiary/aromatic N) is 1. The van der Waals surface area contributed by atoms with E-state index in [9.17, 15) is 9.59 Å². The van der Waals surface area contributed by atoms with Crippen LogP contribution in [0, 0.1) is 5.92 Å². The second-order valence-electron chi connectivity index (χ2n) is 7.70. The molecule has 1 fully saturated rings. The standard InChI is InChI=1S/C25H26N2O5/c1-30-20-10-7-17(8-11-20)21-15-19(9-12-22(21)31-2)26-24(28)18-5-3-13-27(16-18)25(29)23-6-4-14-32-23/h4,6-12,14-15,18H,3,5,13,16H2,1-2H3,(H,26,28)/t18-/m1/s1. The van der Waals surface area contributed by atoms with Crippen molar-refractivity contribution < 1.29 is 23.5 Å². The van der Waals surface area contributed by atoms with Gasteiger partial charge in [0.2, 0.25) is 5.91 Å². The Kier molecular flexibility index (Phi) is 6.44. The first-order valence-corrected chi connectivity index (χ1v) is 10.5. The number of amides is 2. The van der Waals surface area contributed by atoms with Crippen molar-refractivity contribution in [3.63, 3.8) is 0 Å². The Morgan fingerprint density at radius 3 is 2.56 bits per heavy atom. The van der Waals surface area contributed by atoms with Gasteiger partial charge in [0, 0.05) is 24.3 Å². The average molecular weight is 434 g/mol. The van der Waals surface area contributed by atoms with Crippen LogP contribution in [0.25, 0.3) is 11.1 Å². The minimum Gasteiger partial charge on any atom is -0.497 e. The fourth-order valence-electron chi connectivity index (χ4n) is 3.96. The van der Waals surface area contributed by atoms with Gasteiger partial charge in [-0.3, -0.25) is 9.59 Å². The normalized spacial score (nSPS) is 15.8. The zero-order valence-electron chi connectivity index (χ0n) is 18.2. The molecule has 2 aromatic carbocycles. The van der Waals surface area contributed by atoms with Crippen molar-refractivity contribution in [2.75, 3.05) is 32.6 Å². The number of carbonyl (C=O) groups excluding carboxylic acids is 2. The fourth-order valence-corrected chi connectivity index (χ4v) is 3.96. The van der Waals surface area contributed by atoms with Crippen LogP contribution < -0.4 is 14.8 Å². The summed E-state index contributed by atoms with van der Waals surface area (Å²) >= 11 is 0. The number of methoxy groups -OCH3 is 2. The van der Waals surface area contributed by atoms with E-state index in [0.29, 0.717) is 30.3 Å². The van der Waals surface area contributed by atoms with E-state index in [0.717, 1.165) is 29.7 Å². The van der Waals surface area contributed by atoms with Gasteiger partial charge in [-0.1, -0.05) is 12.1 Å². The number of rotatable bonds is 6. The summed E-state index contributed by atoms with van der Waals surface area (Å²) in [5.41, 5.74) is 2.49. The lowest BCUT2D eigenvalue weighted by Crippen LogP contribution is -2.43. The van der Waals surface area contributed by atoms with Gasteiger partial charge in [0.1, 0.15) is 11.5 Å². The molecule has 2 heterocycles. The van der Waals surface area contributed by atoms with Gasteiger partial charge in [0.25, 0.3) is 5.91 Å². The second kappa shape index (κ2) is 9.60. The molecule has 4 rings (SSSR count). The molecule has 1 N–H and O–H groups in total. The number of hydrogen-bond acceptors (Lipinski definition) is 5. The molecule has 1 saturated heterocycles. The highest BCUT2D eigenvalue weighted by molar-refractivity contribution is 5.95. The molecule has 3 aromatic rings. The smallest absolute Gasteiger partial charge is 0.289 e. The van der Waals surface area contributed by atoms with E-state index in [1.54, 1.807) is 31.3 Å². The zero-order chi connectivity index (χ0) is 22.5. The van der Waals surface area contributed by atoms with Crippen LogP contribution in [0.1, 0.15) is 23.4 Å². The van der Waals surface area contributed by atoms with Gasteiger partial charge in [-0.15, -0.1) is 0 Å². The monoisotopic (exact) mass is 434 g/mol. The highest BCUT2D eigenvalue weighted by atomic mass is 16.5. The molecule has 1 atom stereocenters. The minimum absolute atomic E-state index is 0.104. The molecular formula is C25H26N2O5. The fraction of sp³-hybridized carbons (Fsp3) is 0.280. The number of ether oxygens (including phenoxy) is 2. The van der Waals surface area contributed by atoms with Crippen LogP contribution in [0.4, 0.5) is 5.69 Å². The quantitative estimate of drug-likeness (QED) is 0.620. The SMILES string of the molecule is COc1ccc(-c2cc(NC(=O)[C@@H]3CCCN(C(=O)c4ccco4)C3)ccc2OC)cc1. The van der Waals surface area contributed by atoms with Crippen molar-refractivity contribution in [3.8, 4) is 22.6 Å². The maximum Gasteiger partial charge on any atom is 0.289 e.